The third kappa shape index (κ3) is 12.8. The van der Waals surface area contributed by atoms with Crippen LogP contribution in [0.5, 0.6) is 0 Å². The van der Waals surface area contributed by atoms with Gasteiger partial charge in [-0.2, -0.15) is 0 Å². The van der Waals surface area contributed by atoms with Crippen molar-refractivity contribution >= 4 is 5.97 Å². The highest BCUT2D eigenvalue weighted by atomic mass is 16.4. The first-order valence-corrected chi connectivity index (χ1v) is 10.6. The zero-order chi connectivity index (χ0) is 18.4. The maximum absolute atomic E-state index is 11.7. The van der Waals surface area contributed by atoms with E-state index in [0.717, 1.165) is 25.2 Å². The predicted octanol–water partition coefficient (Wildman–Crippen LogP) is 7.32. The fourth-order valence-electron chi connectivity index (χ4n) is 3.70. The summed E-state index contributed by atoms with van der Waals surface area (Å²) in [5.41, 5.74) is 0. The molecule has 1 N–H and O–H groups in total. The molecule has 24 heavy (non-hydrogen) atoms. The van der Waals surface area contributed by atoms with Gasteiger partial charge in [-0.05, 0) is 37.0 Å². The Morgan fingerprint density at radius 1 is 0.792 bits per heavy atom. The van der Waals surface area contributed by atoms with Crippen molar-refractivity contribution in [2.24, 2.45) is 23.7 Å². The summed E-state index contributed by atoms with van der Waals surface area (Å²) >= 11 is 0. The summed E-state index contributed by atoms with van der Waals surface area (Å²) in [4.78, 5) is 11.7. The highest BCUT2D eigenvalue weighted by Crippen LogP contribution is 2.28. The molecule has 0 heterocycles. The number of hydrogen-bond acceptors (Lipinski definition) is 1. The SMILES string of the molecule is CCCCC(CCC)CC(CCC(C)CCCCC(C)C)C(=O)O. The quantitative estimate of drug-likeness (QED) is 0.299. The molecule has 0 radical (unpaired) electrons. The Kier molecular flexibility index (Phi) is 14.5. The van der Waals surface area contributed by atoms with Crippen LogP contribution in [0.25, 0.3) is 0 Å². The van der Waals surface area contributed by atoms with Crippen LogP contribution in [0.15, 0.2) is 0 Å². The van der Waals surface area contributed by atoms with E-state index in [4.69, 9.17) is 0 Å². The Morgan fingerprint density at radius 3 is 2.00 bits per heavy atom. The van der Waals surface area contributed by atoms with Crippen LogP contribution < -0.4 is 0 Å². The van der Waals surface area contributed by atoms with Crippen LogP contribution in [0.1, 0.15) is 112 Å². The number of rotatable bonds is 16. The lowest BCUT2D eigenvalue weighted by molar-refractivity contribution is -0.142. The van der Waals surface area contributed by atoms with Crippen molar-refractivity contribution in [3.8, 4) is 0 Å². The second-order valence-corrected chi connectivity index (χ2v) is 8.43. The molecule has 2 nitrogen and oxygen atoms in total. The lowest BCUT2D eigenvalue weighted by Crippen LogP contribution is -2.19. The fraction of sp³-hybridized carbons (Fsp3) is 0.955. The number of carbonyl (C=O) groups is 1. The molecule has 3 unspecified atom stereocenters. The summed E-state index contributed by atoms with van der Waals surface area (Å²) in [6.07, 6.45) is 14.1. The molecule has 0 aromatic carbocycles. The first-order valence-electron chi connectivity index (χ1n) is 10.6. The molecule has 0 spiro atoms. The van der Waals surface area contributed by atoms with Gasteiger partial charge in [0.1, 0.15) is 0 Å². The molecule has 0 aliphatic rings. The van der Waals surface area contributed by atoms with E-state index in [0.29, 0.717) is 11.8 Å². The van der Waals surface area contributed by atoms with Gasteiger partial charge in [0.05, 0.1) is 5.92 Å². The molecule has 0 amide bonds. The number of aliphatic carboxylic acids is 1. The average Bonchev–Trinajstić information content (AvgIpc) is 2.52. The molecule has 0 bridgehead atoms. The highest BCUT2D eigenvalue weighted by Gasteiger charge is 2.22. The molecule has 2 heteroatoms. The molecule has 144 valence electrons. The maximum atomic E-state index is 11.7. The number of unbranched alkanes of at least 4 members (excludes halogenated alkanes) is 2. The second-order valence-electron chi connectivity index (χ2n) is 8.43. The molecule has 0 aliphatic heterocycles. The Bertz CT molecular complexity index is 298. The zero-order valence-electron chi connectivity index (χ0n) is 17.2. The molecular formula is C22H44O2. The summed E-state index contributed by atoms with van der Waals surface area (Å²) < 4.78 is 0. The summed E-state index contributed by atoms with van der Waals surface area (Å²) in [6, 6.07) is 0. The number of hydrogen-bond donors (Lipinski definition) is 1. The summed E-state index contributed by atoms with van der Waals surface area (Å²) in [5, 5.41) is 9.60. The van der Waals surface area contributed by atoms with Crippen molar-refractivity contribution < 1.29 is 9.90 Å². The Morgan fingerprint density at radius 2 is 1.46 bits per heavy atom. The zero-order valence-corrected chi connectivity index (χ0v) is 17.2. The molecule has 0 fully saturated rings. The smallest absolute Gasteiger partial charge is 0.306 e. The van der Waals surface area contributed by atoms with Crippen molar-refractivity contribution in [2.75, 3.05) is 0 Å². The van der Waals surface area contributed by atoms with E-state index in [1.54, 1.807) is 0 Å². The first kappa shape index (κ1) is 23.5. The van der Waals surface area contributed by atoms with E-state index in [1.807, 2.05) is 0 Å². The largest absolute Gasteiger partial charge is 0.481 e. The van der Waals surface area contributed by atoms with Crippen LogP contribution in [0.4, 0.5) is 0 Å². The molecule has 0 aromatic heterocycles. The maximum Gasteiger partial charge on any atom is 0.306 e. The molecule has 0 saturated carbocycles. The topological polar surface area (TPSA) is 37.3 Å². The average molecular weight is 341 g/mol. The minimum Gasteiger partial charge on any atom is -0.481 e. The number of carboxylic acids is 1. The Labute approximate surface area is 151 Å². The van der Waals surface area contributed by atoms with Crippen LogP contribution in [0.2, 0.25) is 0 Å². The van der Waals surface area contributed by atoms with Crippen LogP contribution in [0, 0.1) is 23.7 Å². The van der Waals surface area contributed by atoms with Gasteiger partial charge in [-0.25, -0.2) is 0 Å². The van der Waals surface area contributed by atoms with Gasteiger partial charge in [0.15, 0.2) is 0 Å². The standard InChI is InChI=1S/C22H44O2/c1-6-8-14-20(11-7-2)17-21(22(23)24)16-15-19(5)13-10-9-12-18(3)4/h18-21H,6-17H2,1-5H3,(H,23,24). The third-order valence-corrected chi connectivity index (χ3v) is 5.37. The summed E-state index contributed by atoms with van der Waals surface area (Å²) in [6.45, 7) is 11.3. The summed E-state index contributed by atoms with van der Waals surface area (Å²) in [5.74, 6) is 1.38. The van der Waals surface area contributed by atoms with E-state index in [2.05, 4.69) is 34.6 Å². The van der Waals surface area contributed by atoms with Crippen LogP contribution in [-0.2, 0) is 4.79 Å². The normalized spacial score (nSPS) is 15.4. The van der Waals surface area contributed by atoms with Crippen LogP contribution >= 0.6 is 0 Å². The van der Waals surface area contributed by atoms with E-state index in [1.165, 1.54) is 57.8 Å². The van der Waals surface area contributed by atoms with Crippen LogP contribution in [0.3, 0.4) is 0 Å². The van der Waals surface area contributed by atoms with Gasteiger partial charge in [-0.3, -0.25) is 4.79 Å². The van der Waals surface area contributed by atoms with Crippen molar-refractivity contribution in [3.63, 3.8) is 0 Å². The van der Waals surface area contributed by atoms with Crippen LogP contribution in [-0.4, -0.2) is 11.1 Å². The van der Waals surface area contributed by atoms with Crippen molar-refractivity contribution in [3.05, 3.63) is 0 Å². The van der Waals surface area contributed by atoms with E-state index in [9.17, 15) is 9.90 Å². The van der Waals surface area contributed by atoms with Crippen molar-refractivity contribution in [2.45, 2.75) is 112 Å². The molecule has 3 atom stereocenters. The molecule has 0 aromatic rings. The lowest BCUT2D eigenvalue weighted by Gasteiger charge is -2.22. The van der Waals surface area contributed by atoms with Gasteiger partial charge in [0.25, 0.3) is 0 Å². The monoisotopic (exact) mass is 340 g/mol. The van der Waals surface area contributed by atoms with E-state index in [-0.39, 0.29) is 5.92 Å². The van der Waals surface area contributed by atoms with Gasteiger partial charge < -0.3 is 5.11 Å². The lowest BCUT2D eigenvalue weighted by atomic mass is 9.83. The van der Waals surface area contributed by atoms with Gasteiger partial charge in [-0.1, -0.05) is 92.4 Å². The van der Waals surface area contributed by atoms with Gasteiger partial charge in [0.2, 0.25) is 0 Å². The minimum atomic E-state index is -0.570. The molecule has 0 saturated heterocycles. The highest BCUT2D eigenvalue weighted by molar-refractivity contribution is 5.69. The molecular weight excluding hydrogens is 296 g/mol. The molecule has 0 aliphatic carbocycles. The van der Waals surface area contributed by atoms with Gasteiger partial charge in [-0.15, -0.1) is 0 Å². The Hall–Kier alpha value is -0.530. The summed E-state index contributed by atoms with van der Waals surface area (Å²) in [7, 11) is 0. The number of carboxylic acid groups (broad SMARTS) is 1. The van der Waals surface area contributed by atoms with Gasteiger partial charge >= 0.3 is 5.97 Å². The van der Waals surface area contributed by atoms with Crippen molar-refractivity contribution in [1.29, 1.82) is 0 Å². The van der Waals surface area contributed by atoms with E-state index < -0.39 is 5.97 Å². The third-order valence-electron chi connectivity index (χ3n) is 5.37. The second kappa shape index (κ2) is 14.8. The first-order chi connectivity index (χ1) is 11.4. The van der Waals surface area contributed by atoms with Crippen molar-refractivity contribution in [1.82, 2.24) is 0 Å². The molecule has 0 rings (SSSR count). The van der Waals surface area contributed by atoms with Gasteiger partial charge in [0, 0.05) is 0 Å². The predicted molar refractivity (Wildman–Crippen MR) is 105 cm³/mol. The Balaban J connectivity index is 4.19. The fourth-order valence-corrected chi connectivity index (χ4v) is 3.70. The minimum absolute atomic E-state index is 0.128. The van der Waals surface area contributed by atoms with E-state index >= 15 is 0 Å².